The molecule has 2 N–H and O–H groups in total. The van der Waals surface area contributed by atoms with Crippen LogP contribution in [0.5, 0.6) is 0 Å². The smallest absolute Gasteiger partial charge is 0.319 e. The Morgan fingerprint density at radius 2 is 2.42 bits per heavy atom. The van der Waals surface area contributed by atoms with Crippen molar-refractivity contribution in [2.45, 2.75) is 5.03 Å². The molecule has 0 atom stereocenters. The molecule has 0 aromatic carbocycles. The van der Waals surface area contributed by atoms with Gasteiger partial charge in [-0.1, -0.05) is 0 Å². The fourth-order valence-electron chi connectivity index (χ4n) is 0.648. The van der Waals surface area contributed by atoms with Crippen LogP contribution in [0.25, 0.3) is 0 Å². The van der Waals surface area contributed by atoms with Crippen molar-refractivity contribution in [1.82, 2.24) is 9.97 Å². The Labute approximate surface area is 72.4 Å². The van der Waals surface area contributed by atoms with E-state index in [1.807, 2.05) is 0 Å². The van der Waals surface area contributed by atoms with Crippen LogP contribution in [0.4, 0.5) is 11.6 Å². The van der Waals surface area contributed by atoms with Gasteiger partial charge < -0.3 is 5.73 Å². The van der Waals surface area contributed by atoms with E-state index in [2.05, 4.69) is 9.97 Å². The summed E-state index contributed by atoms with van der Waals surface area (Å²) in [5, 5.41) is 10.6. The van der Waals surface area contributed by atoms with E-state index in [-0.39, 0.29) is 16.7 Å². The number of nitrogens with zero attached hydrogens (tertiary/aromatic N) is 3. The molecule has 0 fully saturated rings. The lowest BCUT2D eigenvalue weighted by molar-refractivity contribution is -0.388. The molecule has 0 aliphatic heterocycles. The van der Waals surface area contributed by atoms with Crippen LogP contribution in [0, 0.1) is 10.1 Å². The second-order valence-electron chi connectivity index (χ2n) is 1.88. The minimum absolute atomic E-state index is 0.0463. The highest BCUT2D eigenvalue weighted by Crippen LogP contribution is 2.23. The fraction of sp³-hybridized carbons (Fsp3) is 0.200. The summed E-state index contributed by atoms with van der Waals surface area (Å²) in [5.41, 5.74) is 5.13. The van der Waals surface area contributed by atoms with Crippen LogP contribution in [-0.4, -0.2) is 21.1 Å². The van der Waals surface area contributed by atoms with Gasteiger partial charge in [0.2, 0.25) is 5.95 Å². The van der Waals surface area contributed by atoms with Crippen LogP contribution in [0.15, 0.2) is 11.2 Å². The summed E-state index contributed by atoms with van der Waals surface area (Å²) < 4.78 is 0. The van der Waals surface area contributed by atoms with Crippen molar-refractivity contribution in [3.05, 3.63) is 16.3 Å². The summed E-state index contributed by atoms with van der Waals surface area (Å²) in [6, 6.07) is 0. The van der Waals surface area contributed by atoms with Crippen LogP contribution in [0.3, 0.4) is 0 Å². The van der Waals surface area contributed by atoms with E-state index in [1.165, 1.54) is 11.8 Å². The van der Waals surface area contributed by atoms with Crippen molar-refractivity contribution in [2.24, 2.45) is 0 Å². The van der Waals surface area contributed by atoms with E-state index in [9.17, 15) is 10.1 Å². The van der Waals surface area contributed by atoms with Gasteiger partial charge in [-0.3, -0.25) is 10.1 Å². The van der Waals surface area contributed by atoms with Crippen LogP contribution in [-0.2, 0) is 0 Å². The second kappa shape index (κ2) is 3.35. The van der Waals surface area contributed by atoms with E-state index in [0.717, 1.165) is 6.20 Å². The van der Waals surface area contributed by atoms with E-state index in [4.69, 9.17) is 5.73 Å². The lowest BCUT2D eigenvalue weighted by Gasteiger charge is -1.97. The van der Waals surface area contributed by atoms with Crippen LogP contribution < -0.4 is 5.73 Å². The molecule has 1 heterocycles. The molecule has 0 saturated heterocycles. The predicted molar refractivity (Wildman–Crippen MR) is 44.9 cm³/mol. The van der Waals surface area contributed by atoms with Gasteiger partial charge in [0.15, 0.2) is 5.03 Å². The highest BCUT2D eigenvalue weighted by Gasteiger charge is 2.14. The molecule has 0 spiro atoms. The Bertz CT molecular complexity index is 316. The third-order valence-corrected chi connectivity index (χ3v) is 1.83. The number of hydrogen-bond acceptors (Lipinski definition) is 6. The first-order chi connectivity index (χ1) is 5.65. The van der Waals surface area contributed by atoms with Crippen molar-refractivity contribution in [2.75, 3.05) is 12.0 Å². The second-order valence-corrected chi connectivity index (χ2v) is 2.67. The molecule has 7 heteroatoms. The summed E-state index contributed by atoms with van der Waals surface area (Å²) in [6.45, 7) is 0. The highest BCUT2D eigenvalue weighted by atomic mass is 32.2. The first kappa shape index (κ1) is 8.72. The lowest BCUT2D eigenvalue weighted by Crippen LogP contribution is -1.99. The quantitative estimate of drug-likeness (QED) is 0.316. The maximum atomic E-state index is 10.4. The van der Waals surface area contributed by atoms with Crippen molar-refractivity contribution < 1.29 is 4.92 Å². The molecular weight excluding hydrogens is 180 g/mol. The number of nitrogen functional groups attached to an aromatic ring is 1. The molecular formula is C5H6N4O2S. The van der Waals surface area contributed by atoms with Gasteiger partial charge >= 0.3 is 5.69 Å². The average molecular weight is 186 g/mol. The average Bonchev–Trinajstić information content (AvgIpc) is 2.03. The minimum atomic E-state index is -0.536. The Balaban J connectivity index is 3.20. The van der Waals surface area contributed by atoms with E-state index < -0.39 is 4.92 Å². The highest BCUT2D eigenvalue weighted by molar-refractivity contribution is 7.98. The standard InChI is InChI=1S/C5H6N4O2S/c1-12-4-3(9(10)11)2-7-5(6)8-4/h2H,1H3,(H2,6,7,8). The Kier molecular flexibility index (Phi) is 2.44. The number of thioether (sulfide) groups is 1. The molecule has 0 amide bonds. The van der Waals surface area contributed by atoms with Gasteiger partial charge in [0.05, 0.1) is 4.92 Å². The zero-order valence-corrected chi connectivity index (χ0v) is 7.04. The number of nitro groups is 1. The zero-order chi connectivity index (χ0) is 9.14. The maximum absolute atomic E-state index is 10.4. The molecule has 0 aliphatic carbocycles. The van der Waals surface area contributed by atoms with E-state index in [0.29, 0.717) is 0 Å². The lowest BCUT2D eigenvalue weighted by atomic mass is 10.5. The maximum Gasteiger partial charge on any atom is 0.319 e. The summed E-state index contributed by atoms with van der Waals surface area (Å²) in [4.78, 5) is 17.0. The van der Waals surface area contributed by atoms with E-state index >= 15 is 0 Å². The van der Waals surface area contributed by atoms with Gasteiger partial charge in [0.25, 0.3) is 0 Å². The molecule has 0 aliphatic rings. The van der Waals surface area contributed by atoms with Gasteiger partial charge in [-0.25, -0.2) is 4.98 Å². The van der Waals surface area contributed by atoms with Crippen molar-refractivity contribution in [1.29, 1.82) is 0 Å². The monoisotopic (exact) mass is 186 g/mol. The predicted octanol–water partition coefficient (Wildman–Crippen LogP) is 0.689. The Morgan fingerprint density at radius 1 is 1.75 bits per heavy atom. The molecule has 1 rings (SSSR count). The van der Waals surface area contributed by atoms with Crippen LogP contribution >= 0.6 is 11.8 Å². The first-order valence-corrected chi connectivity index (χ1v) is 4.18. The van der Waals surface area contributed by atoms with E-state index in [1.54, 1.807) is 6.26 Å². The zero-order valence-electron chi connectivity index (χ0n) is 6.22. The molecule has 12 heavy (non-hydrogen) atoms. The summed E-state index contributed by atoms with van der Waals surface area (Å²) in [6.07, 6.45) is 2.79. The van der Waals surface area contributed by atoms with Gasteiger partial charge in [0, 0.05) is 0 Å². The number of nitrogens with two attached hydrogens (primary N) is 1. The third kappa shape index (κ3) is 1.62. The van der Waals surface area contributed by atoms with Crippen molar-refractivity contribution >= 4 is 23.4 Å². The SMILES string of the molecule is CSc1nc(N)ncc1[N+](=O)[O-]. The Hall–Kier alpha value is -1.37. The largest absolute Gasteiger partial charge is 0.368 e. The number of rotatable bonds is 2. The topological polar surface area (TPSA) is 94.9 Å². The summed E-state index contributed by atoms with van der Waals surface area (Å²) in [5.74, 6) is 0.0463. The minimum Gasteiger partial charge on any atom is -0.368 e. The molecule has 1 aromatic rings. The van der Waals surface area contributed by atoms with Crippen LogP contribution in [0.1, 0.15) is 0 Å². The van der Waals surface area contributed by atoms with Gasteiger partial charge in [0.1, 0.15) is 6.20 Å². The van der Waals surface area contributed by atoms with Crippen molar-refractivity contribution in [3.63, 3.8) is 0 Å². The number of hydrogen-bond donors (Lipinski definition) is 1. The fourth-order valence-corrected chi connectivity index (χ4v) is 1.17. The molecule has 1 aromatic heterocycles. The number of anilines is 1. The van der Waals surface area contributed by atoms with Gasteiger partial charge in [-0.2, -0.15) is 4.98 Å². The van der Waals surface area contributed by atoms with Crippen LogP contribution in [0.2, 0.25) is 0 Å². The first-order valence-electron chi connectivity index (χ1n) is 2.96. The normalized spacial score (nSPS) is 9.75. The molecule has 0 bridgehead atoms. The van der Waals surface area contributed by atoms with Crippen molar-refractivity contribution in [3.8, 4) is 0 Å². The number of aromatic nitrogens is 2. The molecule has 0 saturated carbocycles. The molecule has 0 unspecified atom stereocenters. The molecule has 64 valence electrons. The van der Waals surface area contributed by atoms with Gasteiger partial charge in [-0.15, -0.1) is 11.8 Å². The summed E-state index contributed by atoms with van der Waals surface area (Å²) in [7, 11) is 0. The molecule has 0 radical (unpaired) electrons. The van der Waals surface area contributed by atoms with Gasteiger partial charge in [-0.05, 0) is 6.26 Å². The Morgan fingerprint density at radius 3 is 2.92 bits per heavy atom. The third-order valence-electron chi connectivity index (χ3n) is 1.14. The summed E-state index contributed by atoms with van der Waals surface area (Å²) >= 11 is 1.17. The molecule has 6 nitrogen and oxygen atoms in total.